The summed E-state index contributed by atoms with van der Waals surface area (Å²) in [6, 6.07) is 0. The summed E-state index contributed by atoms with van der Waals surface area (Å²) < 4.78 is 1.59. The zero-order valence-electron chi connectivity index (χ0n) is 17.7. The van der Waals surface area contributed by atoms with Gasteiger partial charge in [-0.05, 0) is 31.6 Å². The van der Waals surface area contributed by atoms with Gasteiger partial charge in [-0.2, -0.15) is 0 Å². The summed E-state index contributed by atoms with van der Waals surface area (Å²) >= 11 is 0. The largest absolute Gasteiger partial charge is 0.357 e. The van der Waals surface area contributed by atoms with Gasteiger partial charge in [0.05, 0.1) is 0 Å². The molecule has 3 rings (SSSR count). The summed E-state index contributed by atoms with van der Waals surface area (Å²) in [7, 11) is 1.77. The van der Waals surface area contributed by atoms with Gasteiger partial charge in [-0.25, -0.2) is 4.98 Å². The van der Waals surface area contributed by atoms with Crippen LogP contribution < -0.4 is 15.8 Å². The number of nitrogens with zero attached hydrogens (tertiary/aromatic N) is 5. The highest BCUT2D eigenvalue weighted by Crippen LogP contribution is 2.30. The SMILES string of the molecule is CCNC(=NCCC1CCCC(C)C1)N1CCN(c2nccn(C)c2=O)CC1. The molecule has 0 radical (unpaired) electrons. The Balaban J connectivity index is 1.55. The third-order valence-electron chi connectivity index (χ3n) is 6.06. The third-order valence-corrected chi connectivity index (χ3v) is 6.06. The van der Waals surface area contributed by atoms with E-state index in [2.05, 4.69) is 33.9 Å². The zero-order valence-corrected chi connectivity index (χ0v) is 17.7. The van der Waals surface area contributed by atoms with Crippen LogP contribution in [0.4, 0.5) is 5.82 Å². The van der Waals surface area contributed by atoms with Crippen molar-refractivity contribution in [1.29, 1.82) is 0 Å². The lowest BCUT2D eigenvalue weighted by Crippen LogP contribution is -2.53. The molecule has 0 aromatic carbocycles. The Morgan fingerprint density at radius 3 is 2.79 bits per heavy atom. The van der Waals surface area contributed by atoms with Crippen molar-refractivity contribution in [1.82, 2.24) is 19.8 Å². The molecular formula is C21H36N6O. The van der Waals surface area contributed by atoms with Crippen molar-refractivity contribution in [2.24, 2.45) is 23.9 Å². The molecule has 1 aromatic rings. The molecule has 7 nitrogen and oxygen atoms in total. The number of hydrogen-bond donors (Lipinski definition) is 1. The minimum Gasteiger partial charge on any atom is -0.357 e. The maximum atomic E-state index is 12.3. The second kappa shape index (κ2) is 9.94. The van der Waals surface area contributed by atoms with Crippen LogP contribution in [0, 0.1) is 11.8 Å². The minimum atomic E-state index is -0.0294. The molecule has 1 aromatic heterocycles. The van der Waals surface area contributed by atoms with Gasteiger partial charge in [0.2, 0.25) is 0 Å². The van der Waals surface area contributed by atoms with Gasteiger partial charge >= 0.3 is 0 Å². The topological polar surface area (TPSA) is 65.8 Å². The third kappa shape index (κ3) is 5.26. The summed E-state index contributed by atoms with van der Waals surface area (Å²) in [6.07, 6.45) is 10.1. The van der Waals surface area contributed by atoms with Gasteiger partial charge in [0.25, 0.3) is 5.56 Å². The van der Waals surface area contributed by atoms with Gasteiger partial charge in [-0.1, -0.05) is 26.2 Å². The lowest BCUT2D eigenvalue weighted by molar-refractivity contribution is 0.272. The molecule has 0 amide bonds. The summed E-state index contributed by atoms with van der Waals surface area (Å²) in [5, 5.41) is 3.45. The smallest absolute Gasteiger partial charge is 0.293 e. The first-order valence-corrected chi connectivity index (χ1v) is 10.9. The summed E-state index contributed by atoms with van der Waals surface area (Å²) in [4.78, 5) is 25.9. The van der Waals surface area contributed by atoms with E-state index >= 15 is 0 Å². The molecular weight excluding hydrogens is 352 g/mol. The van der Waals surface area contributed by atoms with E-state index in [0.717, 1.165) is 57.1 Å². The fourth-order valence-corrected chi connectivity index (χ4v) is 4.43. The van der Waals surface area contributed by atoms with Crippen LogP contribution in [-0.4, -0.2) is 59.7 Å². The lowest BCUT2D eigenvalue weighted by atomic mass is 9.81. The molecule has 7 heteroatoms. The van der Waals surface area contributed by atoms with Crippen LogP contribution in [-0.2, 0) is 7.05 Å². The van der Waals surface area contributed by atoms with Crippen LogP contribution in [0.5, 0.6) is 0 Å². The first-order valence-electron chi connectivity index (χ1n) is 10.9. The van der Waals surface area contributed by atoms with Gasteiger partial charge in [0.15, 0.2) is 11.8 Å². The molecule has 1 saturated carbocycles. The van der Waals surface area contributed by atoms with Gasteiger partial charge in [-0.3, -0.25) is 9.79 Å². The second-order valence-corrected chi connectivity index (χ2v) is 8.30. The summed E-state index contributed by atoms with van der Waals surface area (Å²) in [6.45, 7) is 9.56. The van der Waals surface area contributed by atoms with Crippen LogP contribution in [0.25, 0.3) is 0 Å². The van der Waals surface area contributed by atoms with Crippen molar-refractivity contribution < 1.29 is 0 Å². The Morgan fingerprint density at radius 1 is 1.29 bits per heavy atom. The van der Waals surface area contributed by atoms with Crippen LogP contribution >= 0.6 is 0 Å². The van der Waals surface area contributed by atoms with E-state index in [-0.39, 0.29) is 5.56 Å². The number of aromatic nitrogens is 2. The quantitative estimate of drug-likeness (QED) is 0.618. The monoisotopic (exact) mass is 388 g/mol. The van der Waals surface area contributed by atoms with Gasteiger partial charge in [0, 0.05) is 58.7 Å². The Hall–Kier alpha value is -2.05. The molecule has 0 bridgehead atoms. The molecule has 2 unspecified atom stereocenters. The van der Waals surface area contributed by atoms with E-state index in [1.54, 1.807) is 24.0 Å². The number of rotatable bonds is 5. The van der Waals surface area contributed by atoms with E-state index in [1.807, 2.05) is 0 Å². The predicted molar refractivity (Wildman–Crippen MR) is 115 cm³/mol. The average Bonchev–Trinajstić information content (AvgIpc) is 2.70. The van der Waals surface area contributed by atoms with Gasteiger partial charge < -0.3 is 19.7 Å². The van der Waals surface area contributed by atoms with E-state index < -0.39 is 0 Å². The number of piperazine rings is 1. The molecule has 2 aliphatic rings. The lowest BCUT2D eigenvalue weighted by Gasteiger charge is -2.36. The highest BCUT2D eigenvalue weighted by molar-refractivity contribution is 5.80. The van der Waals surface area contributed by atoms with Crippen LogP contribution in [0.2, 0.25) is 0 Å². The number of anilines is 1. The number of aryl methyl sites for hydroxylation is 1. The predicted octanol–water partition coefficient (Wildman–Crippen LogP) is 2.08. The maximum Gasteiger partial charge on any atom is 0.293 e. The Labute approximate surface area is 168 Å². The second-order valence-electron chi connectivity index (χ2n) is 8.30. The fraction of sp³-hybridized carbons (Fsp3) is 0.762. The van der Waals surface area contributed by atoms with E-state index in [0.29, 0.717) is 5.82 Å². The van der Waals surface area contributed by atoms with Gasteiger partial charge in [-0.15, -0.1) is 0 Å². The molecule has 1 N–H and O–H groups in total. The zero-order chi connectivity index (χ0) is 19.9. The Morgan fingerprint density at radius 2 is 2.07 bits per heavy atom. The van der Waals surface area contributed by atoms with Crippen molar-refractivity contribution in [2.75, 3.05) is 44.2 Å². The van der Waals surface area contributed by atoms with Crippen molar-refractivity contribution in [3.05, 3.63) is 22.7 Å². The van der Waals surface area contributed by atoms with Gasteiger partial charge in [0.1, 0.15) is 0 Å². The highest BCUT2D eigenvalue weighted by atomic mass is 16.1. The molecule has 1 aliphatic heterocycles. The first kappa shape index (κ1) is 20.7. The van der Waals surface area contributed by atoms with Crippen LogP contribution in [0.15, 0.2) is 22.2 Å². The van der Waals surface area contributed by atoms with Crippen molar-refractivity contribution in [3.8, 4) is 0 Å². The average molecular weight is 389 g/mol. The molecule has 28 heavy (non-hydrogen) atoms. The Kier molecular flexibility index (Phi) is 7.34. The van der Waals surface area contributed by atoms with Crippen LogP contribution in [0.3, 0.4) is 0 Å². The standard InChI is InChI=1S/C21H36N6O/c1-4-22-21(24-9-8-18-7-5-6-17(2)16-18)27-14-12-26(13-15-27)19-20(28)25(3)11-10-23-19/h10-11,17-18H,4-9,12-16H2,1-3H3,(H,22,24). The molecule has 1 aliphatic carbocycles. The molecule has 0 spiro atoms. The molecule has 2 heterocycles. The van der Waals surface area contributed by atoms with E-state index in [9.17, 15) is 4.79 Å². The number of hydrogen-bond acceptors (Lipinski definition) is 4. The molecule has 2 atom stereocenters. The van der Waals surface area contributed by atoms with E-state index in [1.165, 1.54) is 32.1 Å². The maximum absolute atomic E-state index is 12.3. The number of guanidine groups is 1. The number of aliphatic imine (C=N–C) groups is 1. The minimum absolute atomic E-state index is 0.0294. The van der Waals surface area contributed by atoms with Crippen LogP contribution in [0.1, 0.15) is 46.0 Å². The number of nitrogens with one attached hydrogen (secondary N) is 1. The normalized spacial score (nSPS) is 23.8. The Bertz CT molecular complexity index is 707. The fourth-order valence-electron chi connectivity index (χ4n) is 4.43. The summed E-state index contributed by atoms with van der Waals surface area (Å²) in [5.74, 6) is 3.29. The van der Waals surface area contributed by atoms with Crippen molar-refractivity contribution >= 4 is 11.8 Å². The first-order chi connectivity index (χ1) is 13.6. The van der Waals surface area contributed by atoms with Crippen molar-refractivity contribution in [3.63, 3.8) is 0 Å². The van der Waals surface area contributed by atoms with E-state index in [4.69, 9.17) is 4.99 Å². The highest BCUT2D eigenvalue weighted by Gasteiger charge is 2.23. The summed E-state index contributed by atoms with van der Waals surface area (Å²) in [5.41, 5.74) is -0.0294. The molecule has 1 saturated heterocycles. The van der Waals surface area contributed by atoms with Crippen molar-refractivity contribution in [2.45, 2.75) is 46.0 Å². The molecule has 156 valence electrons. The molecule has 2 fully saturated rings.